The van der Waals surface area contributed by atoms with Gasteiger partial charge in [-0.1, -0.05) is 54.1 Å². The number of aliphatic hydroxyl groups is 1. The molecule has 0 radical (unpaired) electrons. The van der Waals surface area contributed by atoms with Crippen LogP contribution in [0, 0.1) is 6.92 Å². The monoisotopic (exact) mass is 275 g/mol. The Balaban J connectivity index is 1.86. The van der Waals surface area contributed by atoms with E-state index >= 15 is 0 Å². The maximum absolute atomic E-state index is 10.0. The van der Waals surface area contributed by atoms with Crippen LogP contribution in [-0.2, 0) is 6.54 Å². The Hall–Kier alpha value is -1.35. The summed E-state index contributed by atoms with van der Waals surface area (Å²) in [4.78, 5) is 0. The third kappa shape index (κ3) is 4.06. The molecule has 2 aromatic rings. The number of aryl methyl sites for hydroxylation is 1. The van der Waals surface area contributed by atoms with Gasteiger partial charge in [0.2, 0.25) is 0 Å². The zero-order valence-corrected chi connectivity index (χ0v) is 11.7. The molecule has 0 aliphatic rings. The van der Waals surface area contributed by atoms with Gasteiger partial charge < -0.3 is 10.4 Å². The lowest BCUT2D eigenvalue weighted by Crippen LogP contribution is -2.21. The average Bonchev–Trinajstić information content (AvgIpc) is 2.42. The van der Waals surface area contributed by atoms with Gasteiger partial charge in [0.25, 0.3) is 0 Å². The summed E-state index contributed by atoms with van der Waals surface area (Å²) in [5.41, 5.74) is 3.12. The topological polar surface area (TPSA) is 32.3 Å². The smallest absolute Gasteiger partial charge is 0.0914 e. The van der Waals surface area contributed by atoms with E-state index < -0.39 is 6.10 Å². The molecule has 0 spiro atoms. The molecule has 0 amide bonds. The number of hydrogen-bond donors (Lipinski definition) is 2. The standard InChI is InChI=1S/C16H18ClNO/c1-12-7-8-14(15(17)9-12)10-18-11-16(19)13-5-3-2-4-6-13/h2-9,16,18-19H,10-11H2,1H3. The molecule has 2 aromatic carbocycles. The highest BCUT2D eigenvalue weighted by molar-refractivity contribution is 6.31. The molecule has 0 bridgehead atoms. The van der Waals surface area contributed by atoms with Gasteiger partial charge in [-0.2, -0.15) is 0 Å². The van der Waals surface area contributed by atoms with Crippen LogP contribution in [-0.4, -0.2) is 11.7 Å². The normalized spacial score (nSPS) is 12.4. The summed E-state index contributed by atoms with van der Waals surface area (Å²) in [5.74, 6) is 0. The number of aliphatic hydroxyl groups excluding tert-OH is 1. The van der Waals surface area contributed by atoms with E-state index in [2.05, 4.69) is 5.32 Å². The van der Waals surface area contributed by atoms with Crippen LogP contribution >= 0.6 is 11.6 Å². The van der Waals surface area contributed by atoms with Crippen molar-refractivity contribution in [2.45, 2.75) is 19.6 Å². The van der Waals surface area contributed by atoms with Gasteiger partial charge in [0.1, 0.15) is 0 Å². The molecule has 0 aromatic heterocycles. The minimum atomic E-state index is -0.495. The molecule has 0 saturated carbocycles. The molecule has 100 valence electrons. The van der Waals surface area contributed by atoms with Crippen LogP contribution in [0.2, 0.25) is 5.02 Å². The Kier molecular flexibility index (Phi) is 4.97. The predicted octanol–water partition coefficient (Wildman–Crippen LogP) is 3.47. The lowest BCUT2D eigenvalue weighted by molar-refractivity contribution is 0.174. The van der Waals surface area contributed by atoms with Gasteiger partial charge >= 0.3 is 0 Å². The Morgan fingerprint density at radius 1 is 1.16 bits per heavy atom. The third-order valence-corrected chi connectivity index (χ3v) is 3.40. The maximum Gasteiger partial charge on any atom is 0.0914 e. The second-order valence-electron chi connectivity index (χ2n) is 4.65. The van der Waals surface area contributed by atoms with Gasteiger partial charge in [0.15, 0.2) is 0 Å². The molecule has 0 fully saturated rings. The van der Waals surface area contributed by atoms with Crippen LogP contribution in [0.1, 0.15) is 22.8 Å². The van der Waals surface area contributed by atoms with Crippen LogP contribution in [0.3, 0.4) is 0 Å². The zero-order valence-electron chi connectivity index (χ0n) is 10.9. The summed E-state index contributed by atoms with van der Waals surface area (Å²) in [6.07, 6.45) is -0.495. The van der Waals surface area contributed by atoms with Crippen molar-refractivity contribution in [2.24, 2.45) is 0 Å². The number of rotatable bonds is 5. The van der Waals surface area contributed by atoms with Crippen LogP contribution in [0.25, 0.3) is 0 Å². The zero-order chi connectivity index (χ0) is 13.7. The van der Waals surface area contributed by atoms with Crippen LogP contribution in [0.5, 0.6) is 0 Å². The first-order chi connectivity index (χ1) is 9.16. The summed E-state index contributed by atoms with van der Waals surface area (Å²) in [6, 6.07) is 15.6. The van der Waals surface area contributed by atoms with Gasteiger partial charge in [-0.25, -0.2) is 0 Å². The summed E-state index contributed by atoms with van der Waals surface area (Å²) in [6.45, 7) is 3.18. The quantitative estimate of drug-likeness (QED) is 0.876. The molecule has 19 heavy (non-hydrogen) atoms. The van der Waals surface area contributed by atoms with E-state index in [9.17, 15) is 5.11 Å². The van der Waals surface area contributed by atoms with E-state index in [1.807, 2.05) is 55.5 Å². The molecular weight excluding hydrogens is 258 g/mol. The van der Waals surface area contributed by atoms with Crippen molar-refractivity contribution in [3.63, 3.8) is 0 Å². The first-order valence-electron chi connectivity index (χ1n) is 6.35. The molecule has 2 N–H and O–H groups in total. The lowest BCUT2D eigenvalue weighted by atomic mass is 10.1. The van der Waals surface area contributed by atoms with Gasteiger partial charge in [-0.15, -0.1) is 0 Å². The second kappa shape index (κ2) is 6.71. The average molecular weight is 276 g/mol. The van der Waals surface area contributed by atoms with Crippen molar-refractivity contribution in [2.75, 3.05) is 6.54 Å². The maximum atomic E-state index is 10.0. The number of halogens is 1. The van der Waals surface area contributed by atoms with Crippen LogP contribution < -0.4 is 5.32 Å². The Bertz CT molecular complexity index is 528. The van der Waals surface area contributed by atoms with Gasteiger partial charge in [0.05, 0.1) is 6.10 Å². The van der Waals surface area contributed by atoms with E-state index in [4.69, 9.17) is 11.6 Å². The fraction of sp³-hybridized carbons (Fsp3) is 0.250. The van der Waals surface area contributed by atoms with Crippen molar-refractivity contribution in [3.05, 3.63) is 70.2 Å². The van der Waals surface area contributed by atoms with Gasteiger partial charge in [-0.3, -0.25) is 0 Å². The summed E-state index contributed by atoms with van der Waals surface area (Å²) < 4.78 is 0. The molecular formula is C16H18ClNO. The molecule has 0 aliphatic heterocycles. The summed E-state index contributed by atoms with van der Waals surface area (Å²) >= 11 is 6.16. The SMILES string of the molecule is Cc1ccc(CNCC(O)c2ccccc2)c(Cl)c1. The predicted molar refractivity (Wildman–Crippen MR) is 79.3 cm³/mol. The van der Waals surface area contributed by atoms with E-state index in [1.165, 1.54) is 0 Å². The van der Waals surface area contributed by atoms with Crippen LogP contribution in [0.15, 0.2) is 48.5 Å². The van der Waals surface area contributed by atoms with E-state index in [1.54, 1.807) is 0 Å². The number of hydrogen-bond acceptors (Lipinski definition) is 2. The molecule has 0 aliphatic carbocycles. The van der Waals surface area contributed by atoms with Crippen molar-refractivity contribution < 1.29 is 5.11 Å². The third-order valence-electron chi connectivity index (χ3n) is 3.05. The molecule has 3 heteroatoms. The second-order valence-corrected chi connectivity index (χ2v) is 5.06. The molecule has 1 unspecified atom stereocenters. The van der Waals surface area contributed by atoms with Crippen molar-refractivity contribution >= 4 is 11.6 Å². The van der Waals surface area contributed by atoms with E-state index in [0.29, 0.717) is 13.1 Å². The van der Waals surface area contributed by atoms with Crippen LogP contribution in [0.4, 0.5) is 0 Å². The van der Waals surface area contributed by atoms with Crippen molar-refractivity contribution in [1.82, 2.24) is 5.32 Å². The van der Waals surface area contributed by atoms with Gasteiger partial charge in [0, 0.05) is 18.1 Å². The molecule has 2 rings (SSSR count). The van der Waals surface area contributed by atoms with E-state index in [0.717, 1.165) is 21.7 Å². The highest BCUT2D eigenvalue weighted by Crippen LogP contribution is 2.17. The summed E-state index contributed by atoms with van der Waals surface area (Å²) in [5, 5.41) is 14.0. The van der Waals surface area contributed by atoms with E-state index in [-0.39, 0.29) is 0 Å². The fourth-order valence-electron chi connectivity index (χ4n) is 1.93. The lowest BCUT2D eigenvalue weighted by Gasteiger charge is -2.13. The molecule has 0 heterocycles. The van der Waals surface area contributed by atoms with Gasteiger partial charge in [-0.05, 0) is 29.7 Å². The largest absolute Gasteiger partial charge is 0.387 e. The molecule has 0 saturated heterocycles. The highest BCUT2D eigenvalue weighted by Gasteiger charge is 2.06. The summed E-state index contributed by atoms with van der Waals surface area (Å²) in [7, 11) is 0. The Labute approximate surface area is 119 Å². The Morgan fingerprint density at radius 3 is 2.58 bits per heavy atom. The molecule has 1 atom stereocenters. The fourth-order valence-corrected chi connectivity index (χ4v) is 2.23. The molecule has 2 nitrogen and oxygen atoms in total. The first kappa shape index (κ1) is 14.1. The number of nitrogens with one attached hydrogen (secondary N) is 1. The number of benzene rings is 2. The minimum absolute atomic E-state index is 0.495. The van der Waals surface area contributed by atoms with Crippen molar-refractivity contribution in [3.8, 4) is 0 Å². The highest BCUT2D eigenvalue weighted by atomic mass is 35.5. The minimum Gasteiger partial charge on any atom is -0.387 e. The van der Waals surface area contributed by atoms with Crippen molar-refractivity contribution in [1.29, 1.82) is 0 Å². The Morgan fingerprint density at radius 2 is 1.89 bits per heavy atom. The first-order valence-corrected chi connectivity index (χ1v) is 6.73.